The Morgan fingerprint density at radius 2 is 2.10 bits per heavy atom. The summed E-state index contributed by atoms with van der Waals surface area (Å²) in [5.41, 5.74) is 0.818. The molecule has 0 aromatic carbocycles. The van der Waals surface area contributed by atoms with Crippen LogP contribution in [0.1, 0.15) is 5.69 Å². The minimum absolute atomic E-state index is 0.407. The number of nitrogens with zero attached hydrogens (tertiary/aromatic N) is 1. The summed E-state index contributed by atoms with van der Waals surface area (Å²) in [4.78, 5) is 3.97. The summed E-state index contributed by atoms with van der Waals surface area (Å²) < 4.78 is 0.654. The molecule has 1 heterocycles. The minimum Gasteiger partial charge on any atom is -0.240 e. The van der Waals surface area contributed by atoms with E-state index in [1.807, 2.05) is 6.92 Å². The Kier molecular flexibility index (Phi) is 2.55. The molecule has 1 aromatic rings. The number of hydrogen-bond donors (Lipinski definition) is 0. The monoisotopic (exact) mass is 239 g/mol. The third kappa shape index (κ3) is 1.62. The van der Waals surface area contributed by atoms with Crippen LogP contribution in [0.4, 0.5) is 0 Å². The molecule has 0 aliphatic rings. The highest BCUT2D eigenvalue weighted by atomic mass is 79.9. The Morgan fingerprint density at radius 1 is 1.50 bits per heavy atom. The lowest BCUT2D eigenvalue weighted by molar-refractivity contribution is 1.19. The molecule has 1 nitrogen and oxygen atoms in total. The van der Waals surface area contributed by atoms with Crippen LogP contribution < -0.4 is 0 Å². The topological polar surface area (TPSA) is 12.9 Å². The lowest BCUT2D eigenvalue weighted by Crippen LogP contribution is -1.82. The third-order valence-corrected chi connectivity index (χ3v) is 2.83. The molecular weight excluding hydrogens is 237 g/mol. The van der Waals surface area contributed by atoms with Gasteiger partial charge in [-0.15, -0.1) is 0 Å². The van der Waals surface area contributed by atoms with Crippen LogP contribution in [0.5, 0.6) is 0 Å². The Balaban J connectivity index is 3.31. The van der Waals surface area contributed by atoms with Crippen molar-refractivity contribution < 1.29 is 0 Å². The Labute approximate surface area is 77.5 Å². The van der Waals surface area contributed by atoms with Gasteiger partial charge in [0, 0.05) is 5.69 Å². The van der Waals surface area contributed by atoms with Crippen molar-refractivity contribution in [2.75, 3.05) is 0 Å². The molecule has 0 spiro atoms. The molecule has 0 unspecified atom stereocenters. The largest absolute Gasteiger partial charge is 0.240 e. The predicted molar refractivity (Wildman–Crippen MR) is 46.7 cm³/mol. The van der Waals surface area contributed by atoms with Gasteiger partial charge in [0.15, 0.2) is 0 Å². The standard InChI is InChI=1S/C6H4BrCl2N/c1-3-2-4(8)5(7)6(9)10-3/h2H,1H3. The summed E-state index contributed by atoms with van der Waals surface area (Å²) in [6.07, 6.45) is 0. The second-order valence-electron chi connectivity index (χ2n) is 1.85. The summed E-state index contributed by atoms with van der Waals surface area (Å²) in [6, 6.07) is 1.75. The minimum atomic E-state index is 0.407. The van der Waals surface area contributed by atoms with E-state index in [9.17, 15) is 0 Å². The molecule has 0 saturated carbocycles. The molecule has 0 fully saturated rings. The Morgan fingerprint density at radius 3 is 2.60 bits per heavy atom. The molecule has 4 heteroatoms. The SMILES string of the molecule is Cc1cc(Cl)c(Br)c(Cl)n1. The zero-order chi connectivity index (χ0) is 7.72. The smallest absolute Gasteiger partial charge is 0.144 e. The van der Waals surface area contributed by atoms with Gasteiger partial charge in [-0.3, -0.25) is 0 Å². The quantitative estimate of drug-likeness (QED) is 0.633. The first-order valence-corrected chi connectivity index (χ1v) is 4.14. The van der Waals surface area contributed by atoms with Gasteiger partial charge in [-0.05, 0) is 28.9 Å². The average Bonchev–Trinajstić information content (AvgIpc) is 1.82. The molecule has 0 amide bonds. The molecule has 54 valence electrons. The molecule has 0 aliphatic heterocycles. The molecule has 10 heavy (non-hydrogen) atoms. The number of pyridine rings is 1. The van der Waals surface area contributed by atoms with Gasteiger partial charge in [0.2, 0.25) is 0 Å². The van der Waals surface area contributed by atoms with E-state index in [0.29, 0.717) is 14.6 Å². The van der Waals surface area contributed by atoms with E-state index in [-0.39, 0.29) is 0 Å². The molecule has 1 rings (SSSR count). The van der Waals surface area contributed by atoms with Crippen LogP contribution in [0.2, 0.25) is 10.2 Å². The van der Waals surface area contributed by atoms with Gasteiger partial charge in [-0.1, -0.05) is 23.2 Å². The van der Waals surface area contributed by atoms with Gasteiger partial charge in [-0.2, -0.15) is 0 Å². The maximum atomic E-state index is 5.75. The van der Waals surface area contributed by atoms with Gasteiger partial charge >= 0.3 is 0 Å². The maximum Gasteiger partial charge on any atom is 0.144 e. The van der Waals surface area contributed by atoms with Crippen LogP contribution in [0.3, 0.4) is 0 Å². The summed E-state index contributed by atoms with van der Waals surface area (Å²) in [6.45, 7) is 1.84. The van der Waals surface area contributed by atoms with Crippen LogP contribution in [-0.2, 0) is 0 Å². The summed E-state index contributed by atoms with van der Waals surface area (Å²) in [5.74, 6) is 0. The number of aryl methyl sites for hydroxylation is 1. The first-order chi connectivity index (χ1) is 4.61. The van der Waals surface area contributed by atoms with Crippen molar-refractivity contribution in [2.45, 2.75) is 6.92 Å². The van der Waals surface area contributed by atoms with Gasteiger partial charge in [0.05, 0.1) is 9.50 Å². The second kappa shape index (κ2) is 3.07. The van der Waals surface area contributed by atoms with E-state index in [4.69, 9.17) is 23.2 Å². The predicted octanol–water partition coefficient (Wildman–Crippen LogP) is 3.46. The molecule has 0 atom stereocenters. The van der Waals surface area contributed by atoms with Crippen molar-refractivity contribution in [1.82, 2.24) is 4.98 Å². The van der Waals surface area contributed by atoms with Crippen LogP contribution in [0.15, 0.2) is 10.5 Å². The maximum absolute atomic E-state index is 5.75. The molecule has 0 radical (unpaired) electrons. The van der Waals surface area contributed by atoms with Crippen LogP contribution in [-0.4, -0.2) is 4.98 Å². The lowest BCUT2D eigenvalue weighted by atomic mass is 10.4. The highest BCUT2D eigenvalue weighted by Crippen LogP contribution is 2.28. The Hall–Kier alpha value is 0.210. The number of aromatic nitrogens is 1. The molecule has 0 bridgehead atoms. The Bertz CT molecular complexity index is 239. The van der Waals surface area contributed by atoms with Crippen molar-refractivity contribution in [3.8, 4) is 0 Å². The van der Waals surface area contributed by atoms with Gasteiger partial charge in [-0.25, -0.2) is 4.98 Å². The zero-order valence-electron chi connectivity index (χ0n) is 5.16. The fraction of sp³-hybridized carbons (Fsp3) is 0.167. The second-order valence-corrected chi connectivity index (χ2v) is 3.41. The normalized spacial score (nSPS) is 10.0. The van der Waals surface area contributed by atoms with E-state index in [0.717, 1.165) is 5.69 Å². The summed E-state index contributed by atoms with van der Waals surface area (Å²) in [7, 11) is 0. The van der Waals surface area contributed by atoms with Gasteiger partial charge in [0.1, 0.15) is 5.15 Å². The number of hydrogen-bond acceptors (Lipinski definition) is 1. The van der Waals surface area contributed by atoms with Crippen LogP contribution >= 0.6 is 39.1 Å². The highest BCUT2D eigenvalue weighted by Gasteiger charge is 2.03. The molecule has 0 aliphatic carbocycles. The summed E-state index contributed by atoms with van der Waals surface area (Å²) in [5, 5.41) is 1.00. The van der Waals surface area contributed by atoms with Crippen molar-refractivity contribution in [3.05, 3.63) is 26.4 Å². The van der Waals surface area contributed by atoms with Crippen LogP contribution in [0, 0.1) is 6.92 Å². The lowest BCUT2D eigenvalue weighted by Gasteiger charge is -1.98. The van der Waals surface area contributed by atoms with E-state index >= 15 is 0 Å². The van der Waals surface area contributed by atoms with Crippen molar-refractivity contribution in [2.24, 2.45) is 0 Å². The van der Waals surface area contributed by atoms with E-state index in [2.05, 4.69) is 20.9 Å². The van der Waals surface area contributed by atoms with Crippen LogP contribution in [0.25, 0.3) is 0 Å². The van der Waals surface area contributed by atoms with E-state index < -0.39 is 0 Å². The van der Waals surface area contributed by atoms with Crippen molar-refractivity contribution in [3.63, 3.8) is 0 Å². The van der Waals surface area contributed by atoms with Gasteiger partial charge < -0.3 is 0 Å². The van der Waals surface area contributed by atoms with Crippen molar-refractivity contribution >= 4 is 39.1 Å². The molecule has 0 N–H and O–H groups in total. The first-order valence-electron chi connectivity index (χ1n) is 2.59. The average molecular weight is 241 g/mol. The van der Waals surface area contributed by atoms with E-state index in [1.54, 1.807) is 6.07 Å². The highest BCUT2D eigenvalue weighted by molar-refractivity contribution is 9.10. The fourth-order valence-electron chi connectivity index (χ4n) is 0.581. The first kappa shape index (κ1) is 8.31. The molecule has 0 saturated heterocycles. The van der Waals surface area contributed by atoms with E-state index in [1.165, 1.54) is 0 Å². The zero-order valence-corrected chi connectivity index (χ0v) is 8.26. The fourth-order valence-corrected chi connectivity index (χ4v) is 1.32. The summed E-state index contributed by atoms with van der Waals surface area (Å²) >= 11 is 14.6. The van der Waals surface area contributed by atoms with Gasteiger partial charge in [0.25, 0.3) is 0 Å². The molecular formula is C6H4BrCl2N. The number of halogens is 3. The van der Waals surface area contributed by atoms with Crippen molar-refractivity contribution in [1.29, 1.82) is 0 Å². The molecule has 1 aromatic heterocycles. The third-order valence-electron chi connectivity index (χ3n) is 1.00. The number of rotatable bonds is 0.